The number of rotatable bonds is 7. The van der Waals surface area contributed by atoms with E-state index in [9.17, 15) is 18.3 Å². The fraction of sp³-hybridized carbons (Fsp3) is 0.286. The zero-order valence-corrected chi connectivity index (χ0v) is 17.1. The third-order valence-electron chi connectivity index (χ3n) is 4.93. The molecule has 1 aliphatic carbocycles. The Morgan fingerprint density at radius 2 is 1.86 bits per heavy atom. The van der Waals surface area contributed by atoms with Gasteiger partial charge < -0.3 is 5.11 Å². The number of hydrogen-bond acceptors (Lipinski definition) is 3. The lowest BCUT2D eigenvalue weighted by molar-refractivity contribution is -0.132. The van der Waals surface area contributed by atoms with Crippen molar-refractivity contribution in [2.75, 3.05) is 6.54 Å². The van der Waals surface area contributed by atoms with Crippen molar-refractivity contribution >= 4 is 33.7 Å². The second-order valence-electron chi connectivity index (χ2n) is 6.94. The van der Waals surface area contributed by atoms with Crippen molar-refractivity contribution in [1.29, 1.82) is 0 Å². The lowest BCUT2D eigenvalue weighted by Crippen LogP contribution is -2.29. The van der Waals surface area contributed by atoms with Crippen LogP contribution in [-0.2, 0) is 27.7 Å². The van der Waals surface area contributed by atoms with Crippen molar-refractivity contribution in [3.63, 3.8) is 0 Å². The maximum atomic E-state index is 12.4. The Morgan fingerprint density at radius 1 is 1.18 bits per heavy atom. The molecule has 0 radical (unpaired) electrons. The molecular weight excluding hydrogens is 398 g/mol. The summed E-state index contributed by atoms with van der Waals surface area (Å²) in [5, 5.41) is 9.67. The first-order valence-electron chi connectivity index (χ1n) is 9.09. The van der Waals surface area contributed by atoms with Gasteiger partial charge in [0, 0.05) is 17.1 Å². The Bertz CT molecular complexity index is 1010. The predicted octanol–water partition coefficient (Wildman–Crippen LogP) is 3.91. The molecule has 2 aromatic rings. The normalized spacial score (nSPS) is 16.8. The van der Waals surface area contributed by atoms with Crippen LogP contribution in [0.4, 0.5) is 0 Å². The topological polar surface area (TPSA) is 83.5 Å². The fourth-order valence-electron chi connectivity index (χ4n) is 3.40. The van der Waals surface area contributed by atoms with E-state index >= 15 is 0 Å². The van der Waals surface area contributed by atoms with Crippen molar-refractivity contribution in [2.24, 2.45) is 5.92 Å². The van der Waals surface area contributed by atoms with Crippen molar-refractivity contribution in [3.8, 4) is 0 Å². The van der Waals surface area contributed by atoms with E-state index in [2.05, 4.69) is 4.72 Å². The molecule has 28 heavy (non-hydrogen) atoms. The second-order valence-corrected chi connectivity index (χ2v) is 9.14. The minimum absolute atomic E-state index is 0.168. The van der Waals surface area contributed by atoms with Gasteiger partial charge in [-0.25, -0.2) is 17.9 Å². The van der Waals surface area contributed by atoms with E-state index in [-0.39, 0.29) is 10.8 Å². The lowest BCUT2D eigenvalue weighted by Gasteiger charge is -2.11. The molecule has 3 rings (SSSR count). The maximum Gasteiger partial charge on any atom is 0.331 e. The smallest absolute Gasteiger partial charge is 0.331 e. The highest BCUT2D eigenvalue weighted by atomic mass is 35.5. The molecule has 0 amide bonds. The standard InChI is InChI=1S/C21H22ClNO4S/c1-2-16(21(24)25)9-14-3-4-17-11-15(12-18(17)10-14)13-23-28(26,27)20-7-5-19(22)6-8-20/h3-10,15,23H,2,11-13H2,1H3,(H,24,25)/b16-9+. The van der Waals surface area contributed by atoms with E-state index in [1.54, 1.807) is 18.2 Å². The largest absolute Gasteiger partial charge is 0.478 e. The summed E-state index contributed by atoms with van der Waals surface area (Å²) in [6.07, 6.45) is 3.71. The van der Waals surface area contributed by atoms with Gasteiger partial charge in [0.2, 0.25) is 10.0 Å². The fourth-order valence-corrected chi connectivity index (χ4v) is 4.65. The van der Waals surface area contributed by atoms with Crippen LogP contribution in [0.15, 0.2) is 52.9 Å². The first-order valence-corrected chi connectivity index (χ1v) is 11.0. The monoisotopic (exact) mass is 419 g/mol. The Labute approximate surface area is 170 Å². The minimum Gasteiger partial charge on any atom is -0.478 e. The summed E-state index contributed by atoms with van der Waals surface area (Å²) in [4.78, 5) is 11.4. The molecule has 1 atom stereocenters. The van der Waals surface area contributed by atoms with Crippen LogP contribution in [0.3, 0.4) is 0 Å². The third kappa shape index (κ3) is 4.82. The number of carboxylic acid groups (broad SMARTS) is 1. The molecule has 0 saturated heterocycles. The summed E-state index contributed by atoms with van der Waals surface area (Å²) >= 11 is 5.81. The first kappa shape index (κ1) is 20.6. The lowest BCUT2D eigenvalue weighted by atomic mass is 10.0. The molecule has 1 aliphatic rings. The van der Waals surface area contributed by atoms with Crippen LogP contribution in [0.1, 0.15) is 30.0 Å². The molecule has 0 aliphatic heterocycles. The van der Waals surface area contributed by atoms with Gasteiger partial charge in [0.1, 0.15) is 0 Å². The van der Waals surface area contributed by atoms with Crippen LogP contribution in [0, 0.1) is 5.92 Å². The summed E-state index contributed by atoms with van der Waals surface area (Å²) in [5.74, 6) is -0.737. The van der Waals surface area contributed by atoms with Gasteiger partial charge in [0.15, 0.2) is 0 Å². The van der Waals surface area contributed by atoms with Crippen LogP contribution >= 0.6 is 11.6 Å². The molecule has 0 saturated carbocycles. The molecule has 7 heteroatoms. The number of aliphatic carboxylic acids is 1. The quantitative estimate of drug-likeness (QED) is 0.666. The van der Waals surface area contributed by atoms with Gasteiger partial charge in [-0.1, -0.05) is 36.7 Å². The summed E-state index contributed by atoms with van der Waals surface area (Å²) in [7, 11) is -3.57. The van der Waals surface area contributed by atoms with Gasteiger partial charge in [-0.15, -0.1) is 0 Å². The molecule has 5 nitrogen and oxygen atoms in total. The van der Waals surface area contributed by atoms with Crippen molar-refractivity contribution in [2.45, 2.75) is 31.1 Å². The van der Waals surface area contributed by atoms with Crippen molar-refractivity contribution in [3.05, 3.63) is 69.8 Å². The predicted molar refractivity (Wildman–Crippen MR) is 110 cm³/mol. The molecule has 2 aromatic carbocycles. The minimum atomic E-state index is -3.57. The van der Waals surface area contributed by atoms with Gasteiger partial charge in [0.25, 0.3) is 0 Å². The highest BCUT2D eigenvalue weighted by molar-refractivity contribution is 7.89. The molecular formula is C21H22ClNO4S. The third-order valence-corrected chi connectivity index (χ3v) is 6.62. The molecule has 1 unspecified atom stereocenters. The molecule has 148 valence electrons. The summed E-state index contributed by atoms with van der Waals surface area (Å²) in [6, 6.07) is 12.0. The summed E-state index contributed by atoms with van der Waals surface area (Å²) in [6.45, 7) is 2.16. The van der Waals surface area contributed by atoms with E-state index < -0.39 is 16.0 Å². The Morgan fingerprint density at radius 3 is 2.50 bits per heavy atom. The molecule has 0 heterocycles. The molecule has 0 fully saturated rings. The average Bonchev–Trinajstić information content (AvgIpc) is 3.07. The van der Waals surface area contributed by atoms with Crippen molar-refractivity contribution < 1.29 is 18.3 Å². The Kier molecular flexibility index (Phi) is 6.23. The van der Waals surface area contributed by atoms with Gasteiger partial charge in [-0.3, -0.25) is 0 Å². The number of benzene rings is 2. The zero-order chi connectivity index (χ0) is 20.3. The average molecular weight is 420 g/mol. The second kappa shape index (κ2) is 8.47. The molecule has 0 bridgehead atoms. The van der Waals surface area contributed by atoms with E-state index in [0.717, 1.165) is 24.0 Å². The van der Waals surface area contributed by atoms with Crippen LogP contribution in [0.5, 0.6) is 0 Å². The Hall–Kier alpha value is -2.15. The number of nitrogens with one attached hydrogen (secondary N) is 1. The molecule has 0 aromatic heterocycles. The summed E-state index contributed by atoms with van der Waals surface area (Å²) in [5.41, 5.74) is 3.55. The van der Waals surface area contributed by atoms with E-state index in [4.69, 9.17) is 11.6 Å². The van der Waals surface area contributed by atoms with Gasteiger partial charge in [0.05, 0.1) is 4.90 Å². The van der Waals surface area contributed by atoms with Gasteiger partial charge in [-0.2, -0.15) is 0 Å². The van der Waals surface area contributed by atoms with Crippen molar-refractivity contribution in [1.82, 2.24) is 4.72 Å². The SMILES string of the molecule is CC/C(=C\c1ccc2c(c1)CC(CNS(=O)(=O)c1ccc(Cl)cc1)C2)C(=O)O. The van der Waals surface area contributed by atoms with Gasteiger partial charge >= 0.3 is 5.97 Å². The molecule has 0 spiro atoms. The van der Waals surface area contributed by atoms with E-state index in [1.165, 1.54) is 17.7 Å². The number of hydrogen-bond donors (Lipinski definition) is 2. The van der Waals surface area contributed by atoms with E-state index in [0.29, 0.717) is 23.6 Å². The summed E-state index contributed by atoms with van der Waals surface area (Å²) < 4.78 is 27.5. The first-order chi connectivity index (χ1) is 13.3. The number of fused-ring (bicyclic) bond motifs is 1. The maximum absolute atomic E-state index is 12.4. The van der Waals surface area contributed by atoms with Crippen LogP contribution in [0.25, 0.3) is 6.08 Å². The Balaban J connectivity index is 1.66. The number of carbonyl (C=O) groups is 1. The number of halogens is 1. The molecule has 2 N–H and O–H groups in total. The van der Waals surface area contributed by atoms with Crippen LogP contribution in [0.2, 0.25) is 5.02 Å². The zero-order valence-electron chi connectivity index (χ0n) is 15.5. The van der Waals surface area contributed by atoms with Crippen LogP contribution in [-0.4, -0.2) is 26.0 Å². The van der Waals surface area contributed by atoms with Gasteiger partial charge in [-0.05, 0) is 72.2 Å². The number of carboxylic acids is 1. The highest BCUT2D eigenvalue weighted by Crippen LogP contribution is 2.28. The highest BCUT2D eigenvalue weighted by Gasteiger charge is 2.24. The number of sulfonamides is 1. The van der Waals surface area contributed by atoms with E-state index in [1.807, 2.05) is 25.1 Å². The van der Waals surface area contributed by atoms with Crippen LogP contribution < -0.4 is 4.72 Å².